The summed E-state index contributed by atoms with van der Waals surface area (Å²) in [6, 6.07) is 9.03. The van der Waals surface area contributed by atoms with Gasteiger partial charge in [0.1, 0.15) is 32.0 Å². The van der Waals surface area contributed by atoms with Gasteiger partial charge >= 0.3 is 48.0 Å². The maximum atomic E-state index is 12.6. The quantitative estimate of drug-likeness (QED) is 0.0998. The highest BCUT2D eigenvalue weighted by atomic mass is 16.8. The second-order valence-electron chi connectivity index (χ2n) is 13.0. The minimum atomic E-state index is -1.89. The number of ether oxygens (including phenoxy) is 13. The highest BCUT2D eigenvalue weighted by Crippen LogP contribution is 2.35. The molecule has 2 fully saturated rings. The third-order valence-electron chi connectivity index (χ3n) is 8.07. The molecule has 2 amide bonds. The third-order valence-corrected chi connectivity index (χ3v) is 8.07. The topological polar surface area (TPSA) is 295 Å². The first kappa shape index (κ1) is 48.7. The van der Waals surface area contributed by atoms with Gasteiger partial charge in [0, 0.05) is 48.1 Å². The predicted molar refractivity (Wildman–Crippen MR) is 194 cm³/mol. The molecule has 3 N–H and O–H groups in total. The molecule has 2 saturated heterocycles. The summed E-state index contributed by atoms with van der Waals surface area (Å²) in [6.45, 7) is 4.79. The molecule has 1 unspecified atom stereocenters. The Hall–Kier alpha value is -5.62. The highest BCUT2D eigenvalue weighted by molar-refractivity contribution is 5.69. The summed E-state index contributed by atoms with van der Waals surface area (Å²) in [5.41, 5.74) is 6.15. The second-order valence-corrected chi connectivity index (χ2v) is 13.0. The summed E-state index contributed by atoms with van der Waals surface area (Å²) >= 11 is 0. The van der Waals surface area contributed by atoms with Gasteiger partial charge in [-0.05, 0) is 5.56 Å². The number of nitrogens with one attached hydrogen (secondary N) is 1. The van der Waals surface area contributed by atoms with Gasteiger partial charge in [0.15, 0.2) is 49.2 Å². The largest absolute Gasteiger partial charge is 0.463 e. The maximum absolute atomic E-state index is 12.6. The molecular formula is C37H50N2O21. The molecule has 23 heteroatoms. The van der Waals surface area contributed by atoms with E-state index in [0.29, 0.717) is 0 Å². The van der Waals surface area contributed by atoms with Crippen molar-refractivity contribution in [1.82, 2.24) is 5.32 Å². The molecule has 10 atom stereocenters. The van der Waals surface area contributed by atoms with Crippen LogP contribution in [0.2, 0.25) is 0 Å². The van der Waals surface area contributed by atoms with Gasteiger partial charge in [-0.1, -0.05) is 30.3 Å². The minimum absolute atomic E-state index is 0.00335. The number of esters is 6. The van der Waals surface area contributed by atoms with Crippen LogP contribution >= 0.6 is 0 Å². The number of rotatable bonds is 20. The van der Waals surface area contributed by atoms with Gasteiger partial charge in [0.05, 0.1) is 19.8 Å². The SMILES string of the molecule is CC(=O)OC[C@@H]1OC(OCCOCCNC(=O)OCc2ccccc2)[C@@H](O[C@H]2O[C@H](COC(C)=O)[C@@H](OC(C)=O)[C@H](OC(N)=O)[C@@H]2OC(C)=O)[C@@H](OC(C)=O)[C@@H]1OC(C)=O. The molecular weight excluding hydrogens is 808 g/mol. The number of hydrogen-bond acceptors (Lipinski definition) is 21. The van der Waals surface area contributed by atoms with Crippen molar-refractivity contribution < 1.29 is 99.9 Å². The minimum Gasteiger partial charge on any atom is -0.463 e. The molecule has 0 aliphatic carbocycles. The molecule has 0 radical (unpaired) electrons. The van der Waals surface area contributed by atoms with Crippen LogP contribution in [0.4, 0.5) is 9.59 Å². The van der Waals surface area contributed by atoms with E-state index < -0.39 is 123 Å². The Morgan fingerprint density at radius 3 is 1.58 bits per heavy atom. The van der Waals surface area contributed by atoms with Crippen LogP contribution in [0.5, 0.6) is 0 Å². The fraction of sp³-hybridized carbons (Fsp3) is 0.622. The van der Waals surface area contributed by atoms with E-state index in [-0.39, 0.29) is 33.0 Å². The van der Waals surface area contributed by atoms with Crippen molar-refractivity contribution in [3.63, 3.8) is 0 Å². The van der Waals surface area contributed by atoms with Crippen molar-refractivity contribution in [2.45, 2.75) is 110 Å². The Morgan fingerprint density at radius 1 is 0.567 bits per heavy atom. The van der Waals surface area contributed by atoms with Gasteiger partial charge in [-0.25, -0.2) is 9.59 Å². The van der Waals surface area contributed by atoms with E-state index in [0.717, 1.165) is 47.1 Å². The lowest BCUT2D eigenvalue weighted by atomic mass is 9.96. The standard InChI is InChI=1S/C37H50N2O21/c1-19(40)50-17-26-28(53-21(3)42)30(55-23(5)44)32(34(57-26)49-15-14-48-13-12-39-37(47)52-16-25-10-8-7-9-11-25)59-35-33(56-24(6)45)31(60-36(38)46)29(54-22(4)43)27(58-35)18-51-20(2)41/h7-11,26-35H,12-18H2,1-6H3,(H2,38,46)(H,39,47)/t26-,27+,28+,29+,30-,31-,32-,33-,34?,35+/m0/s1. The zero-order valence-corrected chi connectivity index (χ0v) is 33.8. The molecule has 1 aromatic rings. The molecule has 23 nitrogen and oxygen atoms in total. The first-order valence-corrected chi connectivity index (χ1v) is 18.5. The van der Waals surface area contributed by atoms with E-state index in [2.05, 4.69) is 5.32 Å². The lowest BCUT2D eigenvalue weighted by molar-refractivity contribution is -0.368. The Morgan fingerprint density at radius 2 is 1.07 bits per heavy atom. The van der Waals surface area contributed by atoms with Crippen molar-refractivity contribution >= 4 is 48.0 Å². The third kappa shape index (κ3) is 16.6. The van der Waals surface area contributed by atoms with Crippen molar-refractivity contribution in [2.75, 3.05) is 39.6 Å². The fourth-order valence-electron chi connectivity index (χ4n) is 5.87. The monoisotopic (exact) mass is 858 g/mol. The molecule has 0 saturated carbocycles. The zero-order valence-electron chi connectivity index (χ0n) is 33.8. The normalized spacial score (nSPS) is 26.0. The first-order valence-electron chi connectivity index (χ1n) is 18.5. The average molecular weight is 859 g/mol. The lowest BCUT2D eigenvalue weighted by Gasteiger charge is -2.48. The number of primary amides is 1. The number of hydrogen-bond donors (Lipinski definition) is 2. The smallest absolute Gasteiger partial charge is 0.407 e. The van der Waals surface area contributed by atoms with Crippen LogP contribution in [0, 0.1) is 0 Å². The summed E-state index contributed by atoms with van der Waals surface area (Å²) in [7, 11) is 0. The summed E-state index contributed by atoms with van der Waals surface area (Å²) in [5, 5.41) is 2.54. The number of carbonyl (C=O) groups is 8. The van der Waals surface area contributed by atoms with Crippen LogP contribution in [0.1, 0.15) is 47.1 Å². The summed E-state index contributed by atoms with van der Waals surface area (Å²) in [4.78, 5) is 97.6. The van der Waals surface area contributed by atoms with Gasteiger partial charge < -0.3 is 72.6 Å². The number of benzene rings is 1. The van der Waals surface area contributed by atoms with Crippen LogP contribution in [-0.4, -0.2) is 149 Å². The zero-order chi connectivity index (χ0) is 44.4. The predicted octanol–water partition coefficient (Wildman–Crippen LogP) is 0.0979. The Labute approximate surface area is 343 Å². The number of nitrogens with two attached hydrogens (primary N) is 1. The van der Waals surface area contributed by atoms with Crippen molar-refractivity contribution in [3.05, 3.63) is 35.9 Å². The van der Waals surface area contributed by atoms with Gasteiger partial charge in [-0.3, -0.25) is 28.8 Å². The van der Waals surface area contributed by atoms with Gasteiger partial charge in [0.2, 0.25) is 0 Å². The molecule has 1 aromatic carbocycles. The van der Waals surface area contributed by atoms with Crippen molar-refractivity contribution in [3.8, 4) is 0 Å². The highest BCUT2D eigenvalue weighted by Gasteiger charge is 2.57. The molecule has 2 heterocycles. The van der Waals surface area contributed by atoms with Crippen LogP contribution in [0.3, 0.4) is 0 Å². The van der Waals surface area contributed by atoms with E-state index in [9.17, 15) is 38.4 Å². The number of amides is 2. The average Bonchev–Trinajstić information content (AvgIpc) is 3.15. The van der Waals surface area contributed by atoms with E-state index >= 15 is 0 Å². The molecule has 0 bridgehead atoms. The molecule has 3 rings (SSSR count). The number of carbonyl (C=O) groups excluding carboxylic acids is 8. The molecule has 334 valence electrons. The van der Waals surface area contributed by atoms with Gasteiger partial charge in [0.25, 0.3) is 0 Å². The van der Waals surface area contributed by atoms with Crippen LogP contribution in [-0.2, 0) is 97.0 Å². The Kier molecular flexibility index (Phi) is 19.9. The molecule has 0 aromatic heterocycles. The van der Waals surface area contributed by atoms with Crippen LogP contribution in [0.25, 0.3) is 0 Å². The van der Waals surface area contributed by atoms with Gasteiger partial charge in [-0.15, -0.1) is 0 Å². The van der Waals surface area contributed by atoms with Crippen LogP contribution < -0.4 is 11.1 Å². The van der Waals surface area contributed by atoms with Crippen LogP contribution in [0.15, 0.2) is 30.3 Å². The number of alkyl carbamates (subject to hydrolysis) is 1. The summed E-state index contributed by atoms with van der Waals surface area (Å²) in [5.74, 6) is -5.23. The molecule has 2 aliphatic rings. The summed E-state index contributed by atoms with van der Waals surface area (Å²) < 4.78 is 72.6. The van der Waals surface area contributed by atoms with E-state index in [1.807, 2.05) is 6.07 Å². The van der Waals surface area contributed by atoms with Crippen molar-refractivity contribution in [2.24, 2.45) is 5.73 Å². The molecule has 0 spiro atoms. The lowest BCUT2D eigenvalue weighted by Crippen LogP contribution is -2.67. The Bertz CT molecular complexity index is 1630. The van der Waals surface area contributed by atoms with E-state index in [1.165, 1.54) is 0 Å². The van der Waals surface area contributed by atoms with E-state index in [4.69, 9.17) is 67.3 Å². The molecule has 2 aliphatic heterocycles. The maximum Gasteiger partial charge on any atom is 0.407 e. The van der Waals surface area contributed by atoms with E-state index in [1.54, 1.807) is 24.3 Å². The molecule has 60 heavy (non-hydrogen) atoms. The summed E-state index contributed by atoms with van der Waals surface area (Å²) in [6.07, 6.45) is -18.6. The fourth-order valence-corrected chi connectivity index (χ4v) is 5.87. The Balaban J connectivity index is 1.93. The second kappa shape index (κ2) is 24.5. The first-order chi connectivity index (χ1) is 28.4. The van der Waals surface area contributed by atoms with Crippen molar-refractivity contribution in [1.29, 1.82) is 0 Å². The van der Waals surface area contributed by atoms with Gasteiger partial charge in [-0.2, -0.15) is 0 Å².